The number of carboxylic acid groups (broad SMARTS) is 1. The van der Waals surface area contributed by atoms with Crippen molar-refractivity contribution in [1.82, 2.24) is 0 Å². The van der Waals surface area contributed by atoms with Crippen LogP contribution in [0.4, 0.5) is 0 Å². The zero-order valence-electron chi connectivity index (χ0n) is 14.2. The average molecular weight is 310 g/mol. The molecule has 22 heavy (non-hydrogen) atoms. The summed E-state index contributed by atoms with van der Waals surface area (Å²) in [7, 11) is 0. The molecule has 128 valence electrons. The summed E-state index contributed by atoms with van der Waals surface area (Å²) in [5, 5.41) is 9.78. The summed E-state index contributed by atoms with van der Waals surface area (Å²) >= 11 is 0. The molecule has 1 aliphatic carbocycles. The summed E-state index contributed by atoms with van der Waals surface area (Å²) in [4.78, 5) is 11.9. The molecule has 1 saturated carbocycles. The van der Waals surface area contributed by atoms with Crippen molar-refractivity contribution in [3.05, 3.63) is 0 Å². The molecule has 3 heteroatoms. The molecule has 0 aromatic carbocycles. The predicted molar refractivity (Wildman–Crippen MR) is 89.1 cm³/mol. The molecule has 1 aliphatic heterocycles. The second-order valence-electron chi connectivity index (χ2n) is 7.34. The molecular formula is C19H34O3. The van der Waals surface area contributed by atoms with Gasteiger partial charge in [0.2, 0.25) is 0 Å². The maximum atomic E-state index is 11.9. The highest BCUT2D eigenvalue weighted by Crippen LogP contribution is 2.40. The SMILES string of the molecule is O=C(O)C1CCCCCCCCCCCOC12CCCCC2. The van der Waals surface area contributed by atoms with Crippen LogP contribution in [0.1, 0.15) is 96.3 Å². The van der Waals surface area contributed by atoms with E-state index in [4.69, 9.17) is 4.74 Å². The monoisotopic (exact) mass is 310 g/mol. The van der Waals surface area contributed by atoms with Gasteiger partial charge in [-0.1, -0.05) is 70.6 Å². The topological polar surface area (TPSA) is 46.5 Å². The maximum Gasteiger partial charge on any atom is 0.309 e. The van der Waals surface area contributed by atoms with E-state index in [0.717, 1.165) is 51.6 Å². The zero-order valence-corrected chi connectivity index (χ0v) is 14.2. The van der Waals surface area contributed by atoms with E-state index in [-0.39, 0.29) is 11.5 Å². The Bertz CT molecular complexity index is 321. The Morgan fingerprint density at radius 3 is 1.86 bits per heavy atom. The van der Waals surface area contributed by atoms with E-state index in [9.17, 15) is 9.90 Å². The van der Waals surface area contributed by atoms with E-state index in [0.29, 0.717) is 0 Å². The van der Waals surface area contributed by atoms with Crippen LogP contribution in [0.25, 0.3) is 0 Å². The molecule has 3 nitrogen and oxygen atoms in total. The Morgan fingerprint density at radius 1 is 0.773 bits per heavy atom. The fourth-order valence-electron chi connectivity index (χ4n) is 4.32. The molecule has 2 fully saturated rings. The van der Waals surface area contributed by atoms with Gasteiger partial charge in [-0.2, -0.15) is 0 Å². The van der Waals surface area contributed by atoms with E-state index >= 15 is 0 Å². The highest BCUT2D eigenvalue weighted by atomic mass is 16.5. The summed E-state index contributed by atoms with van der Waals surface area (Å²) in [6.45, 7) is 0.754. The minimum absolute atomic E-state index is 0.296. The molecule has 0 bridgehead atoms. The third kappa shape index (κ3) is 5.26. The summed E-state index contributed by atoms with van der Waals surface area (Å²) in [5.41, 5.74) is -0.367. The van der Waals surface area contributed by atoms with Gasteiger partial charge >= 0.3 is 5.97 Å². The molecule has 1 N–H and O–H groups in total. The first-order valence-corrected chi connectivity index (χ1v) is 9.61. The third-order valence-corrected chi connectivity index (χ3v) is 5.66. The van der Waals surface area contributed by atoms with Crippen LogP contribution < -0.4 is 0 Å². The van der Waals surface area contributed by atoms with Crippen molar-refractivity contribution in [2.75, 3.05) is 6.61 Å². The minimum atomic E-state index is -0.631. The van der Waals surface area contributed by atoms with Gasteiger partial charge in [0.1, 0.15) is 0 Å². The number of aliphatic carboxylic acids is 1. The van der Waals surface area contributed by atoms with E-state index < -0.39 is 5.97 Å². The van der Waals surface area contributed by atoms with Crippen molar-refractivity contribution in [2.45, 2.75) is 102 Å². The fraction of sp³-hybridized carbons (Fsp3) is 0.947. The lowest BCUT2D eigenvalue weighted by Crippen LogP contribution is -2.46. The molecule has 0 amide bonds. The normalized spacial score (nSPS) is 28.8. The lowest BCUT2D eigenvalue weighted by Gasteiger charge is -2.42. The van der Waals surface area contributed by atoms with Gasteiger partial charge in [-0.25, -0.2) is 0 Å². The van der Waals surface area contributed by atoms with Gasteiger partial charge in [-0.15, -0.1) is 0 Å². The lowest BCUT2D eigenvalue weighted by molar-refractivity contribution is -0.165. The van der Waals surface area contributed by atoms with Gasteiger partial charge in [-0.3, -0.25) is 4.79 Å². The van der Waals surface area contributed by atoms with Crippen molar-refractivity contribution >= 4 is 5.97 Å². The zero-order chi connectivity index (χ0) is 15.7. The smallest absolute Gasteiger partial charge is 0.309 e. The molecule has 2 aliphatic rings. The van der Waals surface area contributed by atoms with Crippen LogP contribution in [-0.4, -0.2) is 23.3 Å². The standard InChI is InChI=1S/C19H34O3/c20-18(21)17-13-9-6-4-2-1-3-5-7-12-16-22-19(17)14-10-8-11-15-19/h17H,1-16H2,(H,20,21). The average Bonchev–Trinajstić information content (AvgIpc) is 2.52. The molecule has 1 atom stereocenters. The number of ether oxygens (including phenoxy) is 1. The minimum Gasteiger partial charge on any atom is -0.481 e. The van der Waals surface area contributed by atoms with Gasteiger partial charge in [0, 0.05) is 6.61 Å². The van der Waals surface area contributed by atoms with Gasteiger partial charge in [0.05, 0.1) is 11.5 Å². The largest absolute Gasteiger partial charge is 0.481 e. The predicted octanol–water partition coefficient (Wildman–Crippen LogP) is 5.32. The lowest BCUT2D eigenvalue weighted by atomic mass is 9.73. The number of carboxylic acids is 1. The molecule has 1 spiro atoms. The Labute approximate surface area is 135 Å². The highest BCUT2D eigenvalue weighted by Gasteiger charge is 2.44. The maximum absolute atomic E-state index is 11.9. The third-order valence-electron chi connectivity index (χ3n) is 5.66. The summed E-state index contributed by atoms with van der Waals surface area (Å²) < 4.78 is 6.31. The van der Waals surface area contributed by atoms with Crippen molar-refractivity contribution in [3.8, 4) is 0 Å². The molecule has 1 heterocycles. The number of hydrogen-bond acceptors (Lipinski definition) is 2. The van der Waals surface area contributed by atoms with Gasteiger partial charge in [0.15, 0.2) is 0 Å². The van der Waals surface area contributed by atoms with Crippen LogP contribution in [0, 0.1) is 5.92 Å². The van der Waals surface area contributed by atoms with Crippen LogP contribution in [-0.2, 0) is 9.53 Å². The molecule has 0 radical (unpaired) electrons. The van der Waals surface area contributed by atoms with E-state index in [1.807, 2.05) is 0 Å². The van der Waals surface area contributed by atoms with Crippen molar-refractivity contribution in [3.63, 3.8) is 0 Å². The van der Waals surface area contributed by atoms with Crippen LogP contribution >= 0.6 is 0 Å². The van der Waals surface area contributed by atoms with Gasteiger partial charge in [-0.05, 0) is 25.7 Å². The molecule has 0 aromatic heterocycles. The first-order chi connectivity index (χ1) is 10.7. The molecule has 1 saturated heterocycles. The molecular weight excluding hydrogens is 276 g/mol. The van der Waals surface area contributed by atoms with Crippen molar-refractivity contribution < 1.29 is 14.6 Å². The van der Waals surface area contributed by atoms with Crippen LogP contribution in [0.5, 0.6) is 0 Å². The first kappa shape index (κ1) is 17.8. The summed E-state index contributed by atoms with van der Waals surface area (Å²) in [5.74, 6) is -0.926. The van der Waals surface area contributed by atoms with Crippen LogP contribution in [0.2, 0.25) is 0 Å². The summed E-state index contributed by atoms with van der Waals surface area (Å²) in [6, 6.07) is 0. The van der Waals surface area contributed by atoms with Crippen molar-refractivity contribution in [1.29, 1.82) is 0 Å². The first-order valence-electron chi connectivity index (χ1n) is 9.61. The molecule has 0 aromatic rings. The number of rotatable bonds is 1. The van der Waals surface area contributed by atoms with E-state index in [2.05, 4.69) is 0 Å². The van der Waals surface area contributed by atoms with E-state index in [1.165, 1.54) is 51.4 Å². The van der Waals surface area contributed by atoms with Crippen molar-refractivity contribution in [2.24, 2.45) is 5.92 Å². The van der Waals surface area contributed by atoms with Crippen LogP contribution in [0.15, 0.2) is 0 Å². The molecule has 1 unspecified atom stereocenters. The fourth-order valence-corrected chi connectivity index (χ4v) is 4.32. The van der Waals surface area contributed by atoms with Gasteiger partial charge in [0.25, 0.3) is 0 Å². The second-order valence-corrected chi connectivity index (χ2v) is 7.34. The van der Waals surface area contributed by atoms with E-state index in [1.54, 1.807) is 0 Å². The van der Waals surface area contributed by atoms with Gasteiger partial charge < -0.3 is 9.84 Å². The second kappa shape index (κ2) is 9.54. The summed E-state index contributed by atoms with van der Waals surface area (Å²) in [6.07, 6.45) is 17.3. The highest BCUT2D eigenvalue weighted by molar-refractivity contribution is 5.71. The Kier molecular flexibility index (Phi) is 7.71. The quantitative estimate of drug-likeness (QED) is 0.713. The Hall–Kier alpha value is -0.570. The Balaban J connectivity index is 2.02. The molecule has 2 rings (SSSR count). The number of carbonyl (C=O) groups is 1. The number of hydrogen-bond donors (Lipinski definition) is 1. The Morgan fingerprint density at radius 2 is 1.27 bits per heavy atom. The van der Waals surface area contributed by atoms with Crippen LogP contribution in [0.3, 0.4) is 0 Å².